The second-order valence-corrected chi connectivity index (χ2v) is 6.24. The molecule has 0 aliphatic carbocycles. The van der Waals surface area contributed by atoms with Crippen LogP contribution < -0.4 is 0 Å². The molecule has 0 unspecified atom stereocenters. The molecule has 9 heteroatoms. The molecule has 3 heterocycles. The fraction of sp³-hybridized carbons (Fsp3) is 0.294. The molecule has 0 atom stereocenters. The van der Waals surface area contributed by atoms with Gasteiger partial charge >= 0.3 is 0 Å². The monoisotopic (exact) mass is 351 g/mol. The number of nitrogens with one attached hydrogen (secondary N) is 3. The van der Waals surface area contributed by atoms with Crippen LogP contribution in [0.2, 0.25) is 0 Å². The number of H-pyrrole nitrogens is 3. The van der Waals surface area contributed by atoms with E-state index in [1.54, 1.807) is 56.2 Å². The van der Waals surface area contributed by atoms with Crippen LogP contribution in [0.25, 0.3) is 0 Å². The number of aliphatic imine (C=N–C) groups is 3. The smallest absolute Gasteiger partial charge is 0.0924 e. The van der Waals surface area contributed by atoms with Gasteiger partial charge in [0.15, 0.2) is 0 Å². The lowest BCUT2D eigenvalue weighted by Gasteiger charge is -2.23. The number of rotatable bonds is 9. The van der Waals surface area contributed by atoms with E-state index < -0.39 is 0 Å². The van der Waals surface area contributed by atoms with Gasteiger partial charge in [0.05, 0.1) is 54.7 Å². The minimum absolute atomic E-state index is 0.219. The van der Waals surface area contributed by atoms with Crippen molar-refractivity contribution in [3.63, 3.8) is 0 Å². The summed E-state index contributed by atoms with van der Waals surface area (Å²) < 4.78 is 0. The third-order valence-electron chi connectivity index (χ3n) is 3.67. The van der Waals surface area contributed by atoms with Crippen LogP contribution in [0.15, 0.2) is 52.5 Å². The van der Waals surface area contributed by atoms with Crippen molar-refractivity contribution >= 4 is 18.6 Å². The topological polar surface area (TPSA) is 123 Å². The van der Waals surface area contributed by atoms with E-state index in [1.807, 2.05) is 0 Å². The maximum atomic E-state index is 4.53. The standard InChI is InChI=1S/C17H21N9/c1-17(8-18-2-14-5-21-11-24-14,9-19-3-15-6-22-12-25-15)10-20-4-16-7-23-13-26-16/h2-7,11-13H,8-10H2,1H3,(H,21,24)(H,22,25)(H,23,26). The van der Waals surface area contributed by atoms with Gasteiger partial charge in [-0.15, -0.1) is 0 Å². The van der Waals surface area contributed by atoms with Crippen molar-refractivity contribution in [1.82, 2.24) is 29.9 Å². The molecule has 26 heavy (non-hydrogen) atoms. The Hall–Kier alpha value is -3.36. The molecular weight excluding hydrogens is 330 g/mol. The van der Waals surface area contributed by atoms with E-state index in [-0.39, 0.29) is 5.41 Å². The summed E-state index contributed by atoms with van der Waals surface area (Å²) in [7, 11) is 0. The summed E-state index contributed by atoms with van der Waals surface area (Å²) in [6, 6.07) is 0. The van der Waals surface area contributed by atoms with Gasteiger partial charge in [-0.05, 0) is 0 Å². The number of hydrogen-bond donors (Lipinski definition) is 3. The minimum Gasteiger partial charge on any atom is -0.344 e. The van der Waals surface area contributed by atoms with E-state index in [1.165, 1.54) is 0 Å². The first-order valence-electron chi connectivity index (χ1n) is 8.18. The highest BCUT2D eigenvalue weighted by Crippen LogP contribution is 2.18. The first-order chi connectivity index (χ1) is 12.7. The van der Waals surface area contributed by atoms with Crippen LogP contribution in [0.5, 0.6) is 0 Å². The Morgan fingerprint density at radius 3 is 1.35 bits per heavy atom. The predicted molar refractivity (Wildman–Crippen MR) is 101 cm³/mol. The molecule has 3 aromatic rings. The number of aromatic amines is 3. The Morgan fingerprint density at radius 2 is 1.08 bits per heavy atom. The summed E-state index contributed by atoms with van der Waals surface area (Å²) in [6.45, 7) is 3.89. The first kappa shape index (κ1) is 17.5. The molecule has 3 rings (SSSR count). The molecule has 0 radical (unpaired) electrons. The van der Waals surface area contributed by atoms with E-state index >= 15 is 0 Å². The van der Waals surface area contributed by atoms with Crippen LogP contribution in [0, 0.1) is 5.41 Å². The zero-order valence-corrected chi connectivity index (χ0v) is 14.5. The van der Waals surface area contributed by atoms with Crippen molar-refractivity contribution in [3.05, 3.63) is 54.7 Å². The van der Waals surface area contributed by atoms with Crippen LogP contribution in [0.3, 0.4) is 0 Å². The van der Waals surface area contributed by atoms with Crippen LogP contribution in [0.4, 0.5) is 0 Å². The quantitative estimate of drug-likeness (QED) is 0.506. The molecule has 0 amide bonds. The molecular formula is C17H21N9. The summed E-state index contributed by atoms with van der Waals surface area (Å²) in [6.07, 6.45) is 15.4. The zero-order valence-electron chi connectivity index (χ0n) is 14.5. The molecule has 0 aliphatic rings. The lowest BCUT2D eigenvalue weighted by molar-refractivity contribution is 0.366. The van der Waals surface area contributed by atoms with Crippen molar-refractivity contribution in [2.45, 2.75) is 6.92 Å². The minimum atomic E-state index is -0.219. The zero-order chi connectivity index (χ0) is 18.1. The van der Waals surface area contributed by atoms with E-state index in [2.05, 4.69) is 51.8 Å². The van der Waals surface area contributed by atoms with Gasteiger partial charge in [-0.1, -0.05) is 6.92 Å². The largest absolute Gasteiger partial charge is 0.344 e. The second-order valence-electron chi connectivity index (χ2n) is 6.24. The second kappa shape index (κ2) is 8.65. The van der Waals surface area contributed by atoms with Crippen LogP contribution in [-0.2, 0) is 0 Å². The molecule has 3 N–H and O–H groups in total. The van der Waals surface area contributed by atoms with Gasteiger partial charge in [-0.2, -0.15) is 0 Å². The predicted octanol–water partition coefficient (Wildman–Crippen LogP) is 1.52. The number of hydrogen-bond acceptors (Lipinski definition) is 6. The summed E-state index contributed by atoms with van der Waals surface area (Å²) in [5.74, 6) is 0. The van der Waals surface area contributed by atoms with Gasteiger partial charge in [0.1, 0.15) is 0 Å². The van der Waals surface area contributed by atoms with Gasteiger partial charge in [-0.3, -0.25) is 15.0 Å². The summed E-state index contributed by atoms with van der Waals surface area (Å²) in [4.78, 5) is 34.6. The van der Waals surface area contributed by atoms with Crippen LogP contribution in [0.1, 0.15) is 24.0 Å². The lowest BCUT2D eigenvalue weighted by Crippen LogP contribution is -2.28. The fourth-order valence-corrected chi connectivity index (χ4v) is 2.25. The van der Waals surface area contributed by atoms with Crippen molar-refractivity contribution in [1.29, 1.82) is 0 Å². The molecule has 3 aromatic heterocycles. The summed E-state index contributed by atoms with van der Waals surface area (Å²) >= 11 is 0. The van der Waals surface area contributed by atoms with Crippen LogP contribution in [-0.4, -0.2) is 68.2 Å². The van der Waals surface area contributed by atoms with Gasteiger partial charge in [-0.25, -0.2) is 15.0 Å². The Kier molecular flexibility index (Phi) is 5.81. The third kappa shape index (κ3) is 5.33. The Labute approximate surface area is 150 Å². The Morgan fingerprint density at radius 1 is 0.731 bits per heavy atom. The van der Waals surface area contributed by atoms with Crippen LogP contribution >= 0.6 is 0 Å². The summed E-state index contributed by atoms with van der Waals surface area (Å²) in [5, 5.41) is 0. The first-order valence-corrected chi connectivity index (χ1v) is 8.18. The number of imidazole rings is 3. The van der Waals surface area contributed by atoms with E-state index in [9.17, 15) is 0 Å². The van der Waals surface area contributed by atoms with Gasteiger partial charge < -0.3 is 15.0 Å². The molecule has 0 spiro atoms. The highest BCUT2D eigenvalue weighted by Gasteiger charge is 2.23. The maximum absolute atomic E-state index is 4.53. The van der Waals surface area contributed by atoms with Crippen molar-refractivity contribution < 1.29 is 0 Å². The van der Waals surface area contributed by atoms with Gasteiger partial charge in [0, 0.05) is 43.7 Å². The van der Waals surface area contributed by atoms with Gasteiger partial charge in [0.2, 0.25) is 0 Å². The third-order valence-corrected chi connectivity index (χ3v) is 3.67. The van der Waals surface area contributed by atoms with E-state index in [0.717, 1.165) is 17.1 Å². The average Bonchev–Trinajstić information content (AvgIpc) is 3.39. The van der Waals surface area contributed by atoms with Crippen molar-refractivity contribution in [3.8, 4) is 0 Å². The molecule has 0 aliphatic heterocycles. The Balaban J connectivity index is 1.64. The lowest BCUT2D eigenvalue weighted by atomic mass is 9.91. The SMILES string of the molecule is CC(CN=Cc1cnc[nH]1)(CN=Cc1cnc[nH]1)CN=Cc1cnc[nH]1. The highest BCUT2D eigenvalue weighted by molar-refractivity contribution is 5.77. The average molecular weight is 351 g/mol. The Bertz CT molecular complexity index is 714. The maximum Gasteiger partial charge on any atom is 0.0924 e. The highest BCUT2D eigenvalue weighted by atomic mass is 14.9. The van der Waals surface area contributed by atoms with Crippen molar-refractivity contribution in [2.24, 2.45) is 20.4 Å². The fourth-order valence-electron chi connectivity index (χ4n) is 2.25. The number of nitrogens with zero attached hydrogens (tertiary/aromatic N) is 6. The molecule has 134 valence electrons. The van der Waals surface area contributed by atoms with Gasteiger partial charge in [0.25, 0.3) is 0 Å². The molecule has 0 saturated heterocycles. The van der Waals surface area contributed by atoms with E-state index in [0.29, 0.717) is 19.6 Å². The summed E-state index contributed by atoms with van der Waals surface area (Å²) in [5.41, 5.74) is 2.39. The number of aromatic nitrogens is 6. The molecule has 0 bridgehead atoms. The van der Waals surface area contributed by atoms with Crippen molar-refractivity contribution in [2.75, 3.05) is 19.6 Å². The molecule has 0 aromatic carbocycles. The molecule has 0 saturated carbocycles. The molecule has 9 nitrogen and oxygen atoms in total. The molecule has 0 fully saturated rings. The van der Waals surface area contributed by atoms with E-state index in [4.69, 9.17) is 0 Å². The normalized spacial score (nSPS) is 14.7.